The van der Waals surface area contributed by atoms with Crippen LogP contribution < -0.4 is 10.5 Å². The van der Waals surface area contributed by atoms with E-state index in [2.05, 4.69) is 9.82 Å². The Morgan fingerprint density at radius 2 is 2.23 bits per heavy atom. The Morgan fingerprint density at radius 3 is 2.85 bits per heavy atom. The molecule has 0 spiro atoms. The quantitative estimate of drug-likeness (QED) is 0.756. The SMILES string of the molecule is CCn1cc([C@H]2OCCC[C@@H]2NS(=O)(=O)c2cc(C(N)=O)n(C)c2)cn1. The number of ether oxygens (including phenoxy) is 1. The number of aryl methyl sites for hydroxylation is 2. The third-order valence-corrected chi connectivity index (χ3v) is 5.93. The summed E-state index contributed by atoms with van der Waals surface area (Å²) >= 11 is 0. The fourth-order valence-electron chi connectivity index (χ4n) is 3.12. The summed E-state index contributed by atoms with van der Waals surface area (Å²) in [6.45, 7) is 3.27. The Bertz CT molecular complexity index is 902. The van der Waals surface area contributed by atoms with E-state index in [0.29, 0.717) is 13.0 Å². The van der Waals surface area contributed by atoms with Crippen molar-refractivity contribution in [1.29, 1.82) is 0 Å². The number of nitrogens with one attached hydrogen (secondary N) is 1. The molecule has 0 bridgehead atoms. The number of hydrogen-bond donors (Lipinski definition) is 2. The molecule has 0 saturated carbocycles. The molecule has 1 aliphatic heterocycles. The lowest BCUT2D eigenvalue weighted by molar-refractivity contribution is -0.00447. The largest absolute Gasteiger partial charge is 0.372 e. The number of hydrogen-bond acceptors (Lipinski definition) is 5. The Hall–Kier alpha value is -2.17. The second-order valence-electron chi connectivity index (χ2n) is 6.33. The molecule has 0 radical (unpaired) electrons. The first kappa shape index (κ1) is 18.6. The van der Waals surface area contributed by atoms with Crippen LogP contribution in [0.4, 0.5) is 0 Å². The van der Waals surface area contributed by atoms with Crippen molar-refractivity contribution in [3.05, 3.63) is 35.9 Å². The van der Waals surface area contributed by atoms with Gasteiger partial charge in [0.05, 0.1) is 12.2 Å². The van der Waals surface area contributed by atoms with Crippen LogP contribution in [0.15, 0.2) is 29.6 Å². The van der Waals surface area contributed by atoms with Gasteiger partial charge in [-0.05, 0) is 25.8 Å². The van der Waals surface area contributed by atoms with Gasteiger partial charge in [0.1, 0.15) is 16.7 Å². The zero-order valence-corrected chi connectivity index (χ0v) is 15.6. The summed E-state index contributed by atoms with van der Waals surface area (Å²) in [5.74, 6) is -0.681. The smallest absolute Gasteiger partial charge is 0.265 e. The van der Waals surface area contributed by atoms with Gasteiger partial charge in [0.15, 0.2) is 0 Å². The van der Waals surface area contributed by atoms with Gasteiger partial charge < -0.3 is 15.0 Å². The van der Waals surface area contributed by atoms with Crippen LogP contribution in [-0.2, 0) is 28.4 Å². The number of aromatic nitrogens is 3. The van der Waals surface area contributed by atoms with Crippen molar-refractivity contribution in [3.63, 3.8) is 0 Å². The number of primary amides is 1. The fraction of sp³-hybridized carbons (Fsp3) is 0.500. The van der Waals surface area contributed by atoms with Crippen molar-refractivity contribution >= 4 is 15.9 Å². The topological polar surface area (TPSA) is 121 Å². The van der Waals surface area contributed by atoms with Crippen molar-refractivity contribution < 1.29 is 17.9 Å². The molecule has 0 aromatic carbocycles. The van der Waals surface area contributed by atoms with Crippen LogP contribution in [0.2, 0.25) is 0 Å². The molecule has 1 saturated heterocycles. The van der Waals surface area contributed by atoms with Crippen LogP contribution in [-0.4, -0.2) is 41.3 Å². The lowest BCUT2D eigenvalue weighted by Gasteiger charge is -2.31. The number of nitrogens with zero attached hydrogens (tertiary/aromatic N) is 3. The Labute approximate surface area is 152 Å². The molecule has 1 amide bonds. The van der Waals surface area contributed by atoms with Gasteiger partial charge in [-0.1, -0.05) is 0 Å². The Morgan fingerprint density at radius 1 is 1.46 bits per heavy atom. The first-order chi connectivity index (χ1) is 12.3. The second kappa shape index (κ2) is 7.22. The maximum atomic E-state index is 12.8. The van der Waals surface area contributed by atoms with Gasteiger partial charge in [0, 0.05) is 38.2 Å². The highest BCUT2D eigenvalue weighted by Crippen LogP contribution is 2.29. The molecule has 2 atom stereocenters. The van der Waals surface area contributed by atoms with E-state index < -0.39 is 28.1 Å². The molecule has 2 aromatic rings. The average Bonchev–Trinajstić information content (AvgIpc) is 3.22. The van der Waals surface area contributed by atoms with Crippen LogP contribution >= 0.6 is 0 Å². The standard InChI is InChI=1S/C16H23N5O4S/c1-3-21-9-11(8-18-21)15-13(5-4-6-25-15)19-26(23,24)12-7-14(16(17)22)20(2)10-12/h7-10,13,15,19H,3-6H2,1-2H3,(H2,17,22)/t13-,15+/m0/s1. The summed E-state index contributed by atoms with van der Waals surface area (Å²) in [4.78, 5) is 11.4. The summed E-state index contributed by atoms with van der Waals surface area (Å²) in [7, 11) is -2.25. The normalized spacial score (nSPS) is 21.0. The van der Waals surface area contributed by atoms with E-state index in [0.717, 1.165) is 18.5 Å². The van der Waals surface area contributed by atoms with E-state index in [9.17, 15) is 13.2 Å². The van der Waals surface area contributed by atoms with Gasteiger partial charge in [-0.25, -0.2) is 13.1 Å². The van der Waals surface area contributed by atoms with Gasteiger partial charge in [-0.15, -0.1) is 0 Å². The van der Waals surface area contributed by atoms with Gasteiger partial charge in [-0.2, -0.15) is 5.10 Å². The molecular formula is C16H23N5O4S. The fourth-order valence-corrected chi connectivity index (χ4v) is 4.46. The highest BCUT2D eigenvalue weighted by Gasteiger charge is 2.33. The molecule has 9 nitrogen and oxygen atoms in total. The van der Waals surface area contributed by atoms with E-state index >= 15 is 0 Å². The van der Waals surface area contributed by atoms with Gasteiger partial charge >= 0.3 is 0 Å². The highest BCUT2D eigenvalue weighted by molar-refractivity contribution is 7.89. The lowest BCUT2D eigenvalue weighted by atomic mass is 9.99. The minimum Gasteiger partial charge on any atom is -0.372 e. The number of nitrogens with two attached hydrogens (primary N) is 1. The summed E-state index contributed by atoms with van der Waals surface area (Å²) in [5, 5.41) is 4.24. The van der Waals surface area contributed by atoms with Crippen LogP contribution in [0.1, 0.15) is 41.9 Å². The molecule has 0 aliphatic carbocycles. The molecule has 26 heavy (non-hydrogen) atoms. The van der Waals surface area contributed by atoms with E-state index in [1.807, 2.05) is 13.1 Å². The minimum atomic E-state index is -3.82. The molecule has 0 unspecified atom stereocenters. The van der Waals surface area contributed by atoms with Crippen molar-refractivity contribution in [3.8, 4) is 0 Å². The number of rotatable bonds is 6. The van der Waals surface area contributed by atoms with Crippen molar-refractivity contribution in [2.24, 2.45) is 12.8 Å². The maximum absolute atomic E-state index is 12.8. The molecule has 2 aromatic heterocycles. The number of carbonyl (C=O) groups excluding carboxylic acids is 1. The van der Waals surface area contributed by atoms with Crippen LogP contribution in [0.5, 0.6) is 0 Å². The van der Waals surface area contributed by atoms with Crippen LogP contribution in [0.3, 0.4) is 0 Å². The van der Waals surface area contributed by atoms with Crippen LogP contribution in [0.25, 0.3) is 0 Å². The van der Waals surface area contributed by atoms with Crippen molar-refractivity contribution in [2.75, 3.05) is 6.61 Å². The van der Waals surface area contributed by atoms with Crippen molar-refractivity contribution in [1.82, 2.24) is 19.1 Å². The molecule has 142 valence electrons. The Kier molecular flexibility index (Phi) is 5.17. The molecule has 3 rings (SSSR count). The second-order valence-corrected chi connectivity index (χ2v) is 8.04. The molecule has 1 fully saturated rings. The Balaban J connectivity index is 1.84. The summed E-state index contributed by atoms with van der Waals surface area (Å²) in [6.07, 6.45) is 5.94. The first-order valence-electron chi connectivity index (χ1n) is 8.44. The first-order valence-corrected chi connectivity index (χ1v) is 9.92. The number of carbonyl (C=O) groups is 1. The van der Waals surface area contributed by atoms with Crippen molar-refractivity contribution in [2.45, 2.75) is 43.4 Å². The van der Waals surface area contributed by atoms with Crippen LogP contribution in [0, 0.1) is 0 Å². The number of sulfonamides is 1. The third-order valence-electron chi connectivity index (χ3n) is 4.48. The molecule has 1 aliphatic rings. The lowest BCUT2D eigenvalue weighted by Crippen LogP contribution is -2.42. The van der Waals surface area contributed by atoms with E-state index in [1.165, 1.54) is 16.8 Å². The predicted octanol–water partition coefficient (Wildman–Crippen LogP) is 0.539. The minimum absolute atomic E-state index is 0.00220. The highest BCUT2D eigenvalue weighted by atomic mass is 32.2. The molecule has 3 heterocycles. The molecule has 10 heteroatoms. The van der Waals surface area contributed by atoms with Gasteiger partial charge in [0.2, 0.25) is 10.0 Å². The maximum Gasteiger partial charge on any atom is 0.265 e. The third kappa shape index (κ3) is 3.67. The molecular weight excluding hydrogens is 358 g/mol. The monoisotopic (exact) mass is 381 g/mol. The summed E-state index contributed by atoms with van der Waals surface area (Å²) < 4.78 is 37.3. The van der Waals surface area contributed by atoms with E-state index in [4.69, 9.17) is 10.5 Å². The van der Waals surface area contributed by atoms with Gasteiger partial charge in [0.25, 0.3) is 5.91 Å². The predicted molar refractivity (Wildman–Crippen MR) is 93.9 cm³/mol. The van der Waals surface area contributed by atoms with E-state index in [-0.39, 0.29) is 10.6 Å². The zero-order chi connectivity index (χ0) is 18.9. The average molecular weight is 381 g/mol. The summed E-state index contributed by atoms with van der Waals surface area (Å²) in [6, 6.07) is 0.860. The van der Waals surface area contributed by atoms with E-state index in [1.54, 1.807) is 17.9 Å². The molecule has 3 N–H and O–H groups in total. The number of amides is 1. The zero-order valence-electron chi connectivity index (χ0n) is 14.8. The summed E-state index contributed by atoms with van der Waals surface area (Å²) in [5.41, 5.74) is 6.23. The van der Waals surface area contributed by atoms with Gasteiger partial charge in [-0.3, -0.25) is 9.48 Å².